The van der Waals surface area contributed by atoms with Crippen LogP contribution in [0.15, 0.2) is 182 Å². The Kier molecular flexibility index (Phi) is 8.99. The summed E-state index contributed by atoms with van der Waals surface area (Å²) in [6.07, 6.45) is 0. The van der Waals surface area contributed by atoms with E-state index in [1.54, 1.807) is 7.11 Å². The molecule has 0 aliphatic rings. The van der Waals surface area contributed by atoms with Crippen molar-refractivity contribution in [1.29, 1.82) is 0 Å². The number of methoxy groups -OCH3 is 1. The first-order chi connectivity index (χ1) is 23.7. The van der Waals surface area contributed by atoms with E-state index in [2.05, 4.69) is 131 Å². The number of rotatable bonds is 10. The van der Waals surface area contributed by atoms with Gasteiger partial charge < -0.3 is 19.6 Å². The molecule has 4 heteroatoms. The molecule has 234 valence electrons. The summed E-state index contributed by atoms with van der Waals surface area (Å²) in [7, 11) is 1.65. The van der Waals surface area contributed by atoms with Crippen LogP contribution >= 0.6 is 0 Å². The third-order valence-corrected chi connectivity index (χ3v) is 8.52. The van der Waals surface area contributed by atoms with Gasteiger partial charge in [0, 0.05) is 34.4 Å². The predicted octanol–water partition coefficient (Wildman–Crippen LogP) is 11.5. The first kappa shape index (κ1) is 30.5. The van der Waals surface area contributed by atoms with Crippen LogP contribution in [0.5, 0.6) is 5.75 Å². The van der Waals surface area contributed by atoms with Crippen molar-refractivity contribution < 1.29 is 9.84 Å². The molecular formula is C44H36N2O2. The van der Waals surface area contributed by atoms with Gasteiger partial charge in [0.1, 0.15) is 5.75 Å². The molecule has 0 aliphatic heterocycles. The Bertz CT molecular complexity index is 1940. The van der Waals surface area contributed by atoms with Gasteiger partial charge in [0.05, 0.1) is 25.1 Å². The number of benzene rings is 7. The van der Waals surface area contributed by atoms with Crippen molar-refractivity contribution in [3.05, 3.63) is 188 Å². The van der Waals surface area contributed by atoms with Crippen LogP contribution < -0.4 is 14.5 Å². The SMILES string of the molecule is COc1cc(N(c2ccc(-c3ccccc3)cc2)c2ccc(-c3ccccc3)cc2)c(N(c2ccccc2)c2ccccc2)cc1CO. The Morgan fingerprint density at radius 2 is 0.750 bits per heavy atom. The molecule has 0 spiro atoms. The first-order valence-corrected chi connectivity index (χ1v) is 16.1. The van der Waals surface area contributed by atoms with Gasteiger partial charge >= 0.3 is 0 Å². The van der Waals surface area contributed by atoms with Gasteiger partial charge in [-0.1, -0.05) is 121 Å². The minimum absolute atomic E-state index is 0.161. The molecule has 0 fully saturated rings. The Morgan fingerprint density at radius 1 is 0.417 bits per heavy atom. The summed E-state index contributed by atoms with van der Waals surface area (Å²) >= 11 is 0. The zero-order chi connectivity index (χ0) is 32.7. The minimum atomic E-state index is -0.161. The smallest absolute Gasteiger partial charge is 0.126 e. The van der Waals surface area contributed by atoms with Gasteiger partial charge in [-0.05, 0) is 76.9 Å². The fourth-order valence-corrected chi connectivity index (χ4v) is 6.15. The quantitative estimate of drug-likeness (QED) is 0.164. The molecular weight excluding hydrogens is 588 g/mol. The number of aliphatic hydroxyl groups is 1. The average molecular weight is 625 g/mol. The van der Waals surface area contributed by atoms with Crippen molar-refractivity contribution in [2.75, 3.05) is 16.9 Å². The highest BCUT2D eigenvalue weighted by Gasteiger charge is 2.25. The van der Waals surface area contributed by atoms with Crippen LogP contribution in [0.4, 0.5) is 34.1 Å². The van der Waals surface area contributed by atoms with Crippen molar-refractivity contribution in [3.63, 3.8) is 0 Å². The van der Waals surface area contributed by atoms with Crippen LogP contribution in [0, 0.1) is 0 Å². The van der Waals surface area contributed by atoms with Gasteiger partial charge in [-0.15, -0.1) is 0 Å². The zero-order valence-corrected chi connectivity index (χ0v) is 26.8. The summed E-state index contributed by atoms with van der Waals surface area (Å²) in [6, 6.07) is 62.9. The summed E-state index contributed by atoms with van der Waals surface area (Å²) in [5.41, 5.74) is 11.1. The molecule has 0 atom stereocenters. The second-order valence-electron chi connectivity index (χ2n) is 11.5. The van der Waals surface area contributed by atoms with Gasteiger partial charge in [0.15, 0.2) is 0 Å². The van der Waals surface area contributed by atoms with E-state index >= 15 is 0 Å². The predicted molar refractivity (Wildman–Crippen MR) is 199 cm³/mol. The molecule has 7 aromatic carbocycles. The molecule has 1 N–H and O–H groups in total. The van der Waals surface area contributed by atoms with Gasteiger partial charge in [-0.3, -0.25) is 0 Å². The second-order valence-corrected chi connectivity index (χ2v) is 11.5. The van der Waals surface area contributed by atoms with Crippen LogP contribution in [0.2, 0.25) is 0 Å². The van der Waals surface area contributed by atoms with Crippen molar-refractivity contribution in [2.24, 2.45) is 0 Å². The van der Waals surface area contributed by atoms with E-state index in [1.807, 2.05) is 60.7 Å². The average Bonchev–Trinajstić information content (AvgIpc) is 3.17. The number of hydrogen-bond acceptors (Lipinski definition) is 4. The Labute approximate surface area is 282 Å². The first-order valence-electron chi connectivity index (χ1n) is 16.1. The van der Waals surface area contributed by atoms with Crippen molar-refractivity contribution in [2.45, 2.75) is 6.61 Å². The fraction of sp³-hybridized carbons (Fsp3) is 0.0455. The largest absolute Gasteiger partial charge is 0.496 e. The lowest BCUT2D eigenvalue weighted by atomic mass is 10.0. The number of nitrogens with zero attached hydrogens (tertiary/aromatic N) is 2. The van der Waals surface area contributed by atoms with Crippen LogP contribution in [-0.2, 0) is 6.61 Å². The van der Waals surface area contributed by atoms with Crippen LogP contribution in [-0.4, -0.2) is 12.2 Å². The van der Waals surface area contributed by atoms with E-state index in [4.69, 9.17) is 4.74 Å². The molecule has 0 saturated heterocycles. The van der Waals surface area contributed by atoms with Crippen LogP contribution in [0.1, 0.15) is 5.56 Å². The minimum Gasteiger partial charge on any atom is -0.496 e. The molecule has 7 aromatic rings. The molecule has 0 amide bonds. The molecule has 48 heavy (non-hydrogen) atoms. The molecule has 0 heterocycles. The lowest BCUT2D eigenvalue weighted by Crippen LogP contribution is -2.17. The molecule has 0 bridgehead atoms. The Morgan fingerprint density at radius 3 is 1.12 bits per heavy atom. The molecule has 0 radical (unpaired) electrons. The van der Waals surface area contributed by atoms with Crippen LogP contribution in [0.25, 0.3) is 22.3 Å². The van der Waals surface area contributed by atoms with Crippen LogP contribution in [0.3, 0.4) is 0 Å². The van der Waals surface area contributed by atoms with E-state index in [-0.39, 0.29) is 6.61 Å². The summed E-state index contributed by atoms with van der Waals surface area (Å²) in [4.78, 5) is 4.50. The van der Waals surface area contributed by atoms with Gasteiger partial charge in [-0.2, -0.15) is 0 Å². The monoisotopic (exact) mass is 624 g/mol. The lowest BCUT2D eigenvalue weighted by molar-refractivity contribution is 0.274. The van der Waals surface area contributed by atoms with Gasteiger partial charge in [-0.25, -0.2) is 0 Å². The summed E-state index contributed by atoms with van der Waals surface area (Å²) in [5, 5.41) is 10.5. The highest BCUT2D eigenvalue weighted by molar-refractivity contribution is 5.93. The number of aliphatic hydroxyl groups excluding tert-OH is 1. The normalized spacial score (nSPS) is 10.8. The number of hydrogen-bond donors (Lipinski definition) is 1. The summed E-state index contributed by atoms with van der Waals surface area (Å²) in [6.45, 7) is -0.161. The molecule has 0 unspecified atom stereocenters. The van der Waals surface area contributed by atoms with E-state index in [0.717, 1.165) is 56.4 Å². The zero-order valence-electron chi connectivity index (χ0n) is 26.8. The van der Waals surface area contributed by atoms with Crippen molar-refractivity contribution >= 4 is 34.1 Å². The molecule has 4 nitrogen and oxygen atoms in total. The van der Waals surface area contributed by atoms with E-state index in [1.165, 1.54) is 0 Å². The fourth-order valence-electron chi connectivity index (χ4n) is 6.15. The topological polar surface area (TPSA) is 35.9 Å². The summed E-state index contributed by atoms with van der Waals surface area (Å²) in [5.74, 6) is 0.615. The maximum Gasteiger partial charge on any atom is 0.126 e. The molecule has 0 aliphatic carbocycles. The number of ether oxygens (including phenoxy) is 1. The number of anilines is 6. The second kappa shape index (κ2) is 14.1. The van der Waals surface area contributed by atoms with Gasteiger partial charge in [0.25, 0.3) is 0 Å². The molecule has 7 rings (SSSR count). The van der Waals surface area contributed by atoms with E-state index < -0.39 is 0 Å². The van der Waals surface area contributed by atoms with Gasteiger partial charge in [0.2, 0.25) is 0 Å². The third-order valence-electron chi connectivity index (χ3n) is 8.52. The maximum atomic E-state index is 10.5. The van der Waals surface area contributed by atoms with Crippen molar-refractivity contribution in [1.82, 2.24) is 0 Å². The third kappa shape index (κ3) is 6.30. The maximum absolute atomic E-state index is 10.5. The lowest BCUT2D eigenvalue weighted by Gasteiger charge is -2.34. The standard InChI is InChI=1S/C44H36N2O2/c1-48-44-31-43(42(30-37(44)32-47)45(38-18-10-4-11-19-38)39-20-12-5-13-21-39)46(40-26-22-35(23-27-40)33-14-6-2-7-15-33)41-28-24-36(25-29-41)34-16-8-3-9-17-34/h2-31,47H,32H2,1H3. The van der Waals surface area contributed by atoms with E-state index in [9.17, 15) is 5.11 Å². The molecule has 0 saturated carbocycles. The Balaban J connectivity index is 1.46. The number of para-hydroxylation sites is 2. The Hall–Kier alpha value is -6.10. The highest BCUT2D eigenvalue weighted by atomic mass is 16.5. The van der Waals surface area contributed by atoms with Crippen molar-refractivity contribution in [3.8, 4) is 28.0 Å². The van der Waals surface area contributed by atoms with E-state index in [0.29, 0.717) is 11.3 Å². The molecule has 0 aromatic heterocycles. The summed E-state index contributed by atoms with van der Waals surface area (Å²) < 4.78 is 5.89. The highest BCUT2D eigenvalue weighted by Crippen LogP contribution is 2.48.